The van der Waals surface area contributed by atoms with Crippen LogP contribution in [0.3, 0.4) is 0 Å². The standard InChI is InChI=1S/C16H27NO5/c1-10(2)16(20,11(3)21-4)15(19)22-9-12-5-7-17-8-6-13(18)14(12)17/h5,10-11,13-14,18,20H,6-9H2,1-4H3/t11-,13+,14+,16+/m0/s1. The first-order valence-corrected chi connectivity index (χ1v) is 7.85. The Morgan fingerprint density at radius 2 is 2.18 bits per heavy atom. The van der Waals surface area contributed by atoms with Crippen molar-refractivity contribution < 1.29 is 24.5 Å². The molecule has 0 unspecified atom stereocenters. The van der Waals surface area contributed by atoms with E-state index in [4.69, 9.17) is 9.47 Å². The van der Waals surface area contributed by atoms with Crippen LogP contribution in [0.2, 0.25) is 0 Å². The van der Waals surface area contributed by atoms with Gasteiger partial charge in [-0.05, 0) is 24.8 Å². The number of aliphatic hydroxyl groups is 2. The van der Waals surface area contributed by atoms with Crippen LogP contribution in [0.5, 0.6) is 0 Å². The van der Waals surface area contributed by atoms with Gasteiger partial charge in [-0.2, -0.15) is 0 Å². The van der Waals surface area contributed by atoms with Gasteiger partial charge in [0.25, 0.3) is 0 Å². The Balaban J connectivity index is 2.00. The predicted octanol–water partition coefficient (Wildman–Crippen LogP) is 0.327. The van der Waals surface area contributed by atoms with E-state index in [1.165, 1.54) is 7.11 Å². The molecule has 4 atom stereocenters. The summed E-state index contributed by atoms with van der Waals surface area (Å²) >= 11 is 0. The van der Waals surface area contributed by atoms with Crippen molar-refractivity contribution in [1.82, 2.24) is 4.90 Å². The highest BCUT2D eigenvalue weighted by Crippen LogP contribution is 2.30. The molecule has 6 heteroatoms. The number of carbonyl (C=O) groups excluding carboxylic acids is 1. The zero-order valence-corrected chi connectivity index (χ0v) is 13.8. The molecule has 0 aromatic rings. The molecule has 6 nitrogen and oxygen atoms in total. The topological polar surface area (TPSA) is 79.2 Å². The summed E-state index contributed by atoms with van der Waals surface area (Å²) in [4.78, 5) is 14.5. The van der Waals surface area contributed by atoms with E-state index in [2.05, 4.69) is 4.90 Å². The van der Waals surface area contributed by atoms with Crippen LogP contribution in [0, 0.1) is 5.92 Å². The van der Waals surface area contributed by atoms with Crippen molar-refractivity contribution in [3.8, 4) is 0 Å². The maximum absolute atomic E-state index is 12.4. The van der Waals surface area contributed by atoms with E-state index in [1.807, 2.05) is 6.08 Å². The van der Waals surface area contributed by atoms with E-state index >= 15 is 0 Å². The smallest absolute Gasteiger partial charge is 0.341 e. The molecule has 0 bridgehead atoms. The summed E-state index contributed by atoms with van der Waals surface area (Å²) in [5.41, 5.74) is -0.767. The third kappa shape index (κ3) is 2.93. The van der Waals surface area contributed by atoms with Crippen LogP contribution in [-0.4, -0.2) is 71.7 Å². The number of fused-ring (bicyclic) bond motifs is 1. The lowest BCUT2D eigenvalue weighted by Gasteiger charge is -2.34. The second-order valence-corrected chi connectivity index (χ2v) is 6.51. The number of esters is 1. The van der Waals surface area contributed by atoms with Crippen LogP contribution in [-0.2, 0) is 14.3 Å². The maximum Gasteiger partial charge on any atom is 0.341 e. The first-order chi connectivity index (χ1) is 10.3. The Kier molecular flexibility index (Phi) is 5.27. The molecule has 1 saturated heterocycles. The van der Waals surface area contributed by atoms with Crippen molar-refractivity contribution in [3.63, 3.8) is 0 Å². The monoisotopic (exact) mass is 313 g/mol. The van der Waals surface area contributed by atoms with Crippen molar-refractivity contribution in [2.75, 3.05) is 26.8 Å². The Hall–Kier alpha value is -0.950. The van der Waals surface area contributed by atoms with Gasteiger partial charge in [0.05, 0.1) is 18.2 Å². The van der Waals surface area contributed by atoms with Crippen molar-refractivity contribution in [2.24, 2.45) is 5.92 Å². The van der Waals surface area contributed by atoms with Gasteiger partial charge in [0.2, 0.25) is 0 Å². The molecule has 0 aromatic carbocycles. The molecular formula is C16H27NO5. The van der Waals surface area contributed by atoms with Crippen LogP contribution in [0.1, 0.15) is 27.2 Å². The molecule has 2 N–H and O–H groups in total. The number of rotatable bonds is 6. The molecule has 0 aromatic heterocycles. The summed E-state index contributed by atoms with van der Waals surface area (Å²) in [5.74, 6) is -1.01. The Labute approximate surface area is 131 Å². The number of hydrogen-bond acceptors (Lipinski definition) is 6. The Morgan fingerprint density at radius 1 is 1.50 bits per heavy atom. The molecule has 2 aliphatic rings. The number of carbonyl (C=O) groups is 1. The van der Waals surface area contributed by atoms with Gasteiger partial charge >= 0.3 is 5.97 Å². The number of aliphatic hydroxyl groups excluding tert-OH is 1. The fourth-order valence-corrected chi connectivity index (χ4v) is 3.34. The molecule has 2 aliphatic heterocycles. The molecule has 0 saturated carbocycles. The van der Waals surface area contributed by atoms with Gasteiger partial charge in [0, 0.05) is 20.2 Å². The molecule has 0 spiro atoms. The van der Waals surface area contributed by atoms with Crippen molar-refractivity contribution in [2.45, 2.75) is 51.0 Å². The van der Waals surface area contributed by atoms with Crippen LogP contribution in [0.25, 0.3) is 0 Å². The predicted molar refractivity (Wildman–Crippen MR) is 81.3 cm³/mol. The molecule has 0 radical (unpaired) electrons. The fourth-order valence-electron chi connectivity index (χ4n) is 3.34. The van der Waals surface area contributed by atoms with Gasteiger partial charge in [0.1, 0.15) is 6.61 Å². The molecule has 22 heavy (non-hydrogen) atoms. The number of hydrogen-bond donors (Lipinski definition) is 2. The maximum atomic E-state index is 12.4. The lowest BCUT2D eigenvalue weighted by Crippen LogP contribution is -2.54. The Bertz CT molecular complexity index is 450. The van der Waals surface area contributed by atoms with E-state index in [-0.39, 0.29) is 18.6 Å². The molecule has 0 aliphatic carbocycles. The quantitative estimate of drug-likeness (QED) is 0.543. The third-order valence-electron chi connectivity index (χ3n) is 4.99. The van der Waals surface area contributed by atoms with Crippen molar-refractivity contribution >= 4 is 5.97 Å². The van der Waals surface area contributed by atoms with Crippen molar-refractivity contribution in [3.05, 3.63) is 11.6 Å². The molecule has 1 fully saturated rings. The third-order valence-corrected chi connectivity index (χ3v) is 4.99. The highest BCUT2D eigenvalue weighted by Gasteiger charge is 2.47. The highest BCUT2D eigenvalue weighted by atomic mass is 16.6. The summed E-state index contributed by atoms with van der Waals surface area (Å²) in [6.45, 7) is 6.90. The second kappa shape index (κ2) is 6.66. The van der Waals surface area contributed by atoms with Gasteiger partial charge < -0.3 is 19.7 Å². The number of nitrogens with zero attached hydrogens (tertiary/aromatic N) is 1. The normalized spacial score (nSPS) is 29.1. The van der Waals surface area contributed by atoms with Gasteiger partial charge in [-0.15, -0.1) is 0 Å². The fraction of sp³-hybridized carbons (Fsp3) is 0.812. The summed E-state index contributed by atoms with van der Waals surface area (Å²) in [6, 6.07) is -0.0557. The second-order valence-electron chi connectivity index (χ2n) is 6.51. The minimum Gasteiger partial charge on any atom is -0.459 e. The van der Waals surface area contributed by atoms with E-state index in [1.54, 1.807) is 20.8 Å². The van der Waals surface area contributed by atoms with Gasteiger partial charge in [-0.3, -0.25) is 4.90 Å². The van der Waals surface area contributed by atoms with E-state index in [0.717, 1.165) is 25.1 Å². The van der Waals surface area contributed by atoms with Crippen LogP contribution < -0.4 is 0 Å². The van der Waals surface area contributed by atoms with E-state index in [0.29, 0.717) is 0 Å². The average Bonchev–Trinajstić information content (AvgIpc) is 3.06. The van der Waals surface area contributed by atoms with Gasteiger partial charge in [0.15, 0.2) is 5.60 Å². The van der Waals surface area contributed by atoms with Crippen LogP contribution >= 0.6 is 0 Å². The average molecular weight is 313 g/mol. The molecule has 2 heterocycles. The van der Waals surface area contributed by atoms with Gasteiger partial charge in [-0.1, -0.05) is 19.9 Å². The van der Waals surface area contributed by atoms with Crippen LogP contribution in [0.4, 0.5) is 0 Å². The number of methoxy groups -OCH3 is 1. The minimum atomic E-state index is -1.68. The first-order valence-electron chi connectivity index (χ1n) is 7.85. The molecule has 126 valence electrons. The van der Waals surface area contributed by atoms with Crippen LogP contribution in [0.15, 0.2) is 11.6 Å². The molecule has 2 rings (SSSR count). The molecule has 0 amide bonds. The summed E-state index contributed by atoms with van der Waals surface area (Å²) < 4.78 is 10.5. The van der Waals surface area contributed by atoms with Gasteiger partial charge in [-0.25, -0.2) is 4.79 Å². The van der Waals surface area contributed by atoms with Crippen molar-refractivity contribution in [1.29, 1.82) is 0 Å². The zero-order valence-electron chi connectivity index (χ0n) is 13.8. The number of ether oxygens (including phenoxy) is 2. The molecular weight excluding hydrogens is 286 g/mol. The van der Waals surface area contributed by atoms with E-state index in [9.17, 15) is 15.0 Å². The largest absolute Gasteiger partial charge is 0.459 e. The lowest BCUT2D eigenvalue weighted by molar-refractivity contribution is -0.186. The summed E-state index contributed by atoms with van der Waals surface area (Å²) in [6.07, 6.45) is 1.67. The SMILES string of the molecule is CO[C@@H](C)[C@@](O)(C(=O)OCC1=CCN2CC[C@@H](O)[C@@H]12)C(C)C. The highest BCUT2D eigenvalue weighted by molar-refractivity contribution is 5.80. The first kappa shape index (κ1) is 17.4. The lowest BCUT2D eigenvalue weighted by atomic mass is 9.85. The zero-order chi connectivity index (χ0) is 16.5. The minimum absolute atomic E-state index is 0.0557. The van der Waals surface area contributed by atoms with E-state index < -0.39 is 23.8 Å². The summed E-state index contributed by atoms with van der Waals surface area (Å²) in [5, 5.41) is 20.7. The summed E-state index contributed by atoms with van der Waals surface area (Å²) in [7, 11) is 1.46. The Morgan fingerprint density at radius 3 is 2.77 bits per heavy atom.